The number of nitrogens with two attached hydrogens (primary N) is 1. The summed E-state index contributed by atoms with van der Waals surface area (Å²) in [6.07, 6.45) is 11.2. The number of nitrogens with zero attached hydrogens (tertiary/aromatic N) is 2. The van der Waals surface area contributed by atoms with Crippen molar-refractivity contribution in [1.29, 1.82) is 0 Å². The molecule has 50 heavy (non-hydrogen) atoms. The van der Waals surface area contributed by atoms with Gasteiger partial charge in [0.1, 0.15) is 35.1 Å². The first-order valence-electron chi connectivity index (χ1n) is 18.7. The maximum atomic E-state index is 16.9. The molecule has 3 unspecified atom stereocenters. The fourth-order valence-electron chi connectivity index (χ4n) is 9.06. The van der Waals surface area contributed by atoms with E-state index in [0.29, 0.717) is 30.1 Å². The molecule has 3 aromatic carbocycles. The van der Waals surface area contributed by atoms with Crippen LogP contribution in [0.4, 0.5) is 8.78 Å². The summed E-state index contributed by atoms with van der Waals surface area (Å²) in [6.45, 7) is 3.39. The second-order valence-electron chi connectivity index (χ2n) is 15.0. The van der Waals surface area contributed by atoms with Crippen LogP contribution >= 0.6 is 0 Å². The lowest BCUT2D eigenvalue weighted by molar-refractivity contribution is -0.144. The Morgan fingerprint density at radius 1 is 0.900 bits per heavy atom. The van der Waals surface area contributed by atoms with E-state index in [-0.39, 0.29) is 29.5 Å². The molecule has 0 radical (unpaired) electrons. The second kappa shape index (κ2) is 15.4. The molecule has 1 heterocycles. The molecule has 0 spiro atoms. The molecule has 10 heteroatoms. The molecule has 2 bridgehead atoms. The number of ether oxygens (including phenoxy) is 2. The van der Waals surface area contributed by atoms with E-state index in [0.717, 1.165) is 66.1 Å². The molecule has 0 amide bonds. The summed E-state index contributed by atoms with van der Waals surface area (Å²) in [5, 5.41) is 1.74. The molecule has 4 aliphatic rings. The van der Waals surface area contributed by atoms with Crippen LogP contribution in [0.5, 0.6) is 11.5 Å². The number of rotatable bonds is 13. The molecule has 3 saturated carbocycles. The standard InChI is InChI=1S/C40H51F2N3O4S/c1-44(50(47)36-18-12-27-25-35(15-11-28(27)26-36)49-34-7-3-4-8-34)39(38(46)37-29-9-10-30(37)24-32(43)23-29)40(41,42)31-13-16-33(17-14-31)48-22-21-45-19-5-2-6-20-45/h11-18,25-26,29-30,32,34,37,39H,2-10,19-24,43H2,1H3/t29?,30?,32?,37?,39-,50?/m0/s1. The Hall–Kier alpha value is -2.92. The Kier molecular flexibility index (Phi) is 10.9. The van der Waals surface area contributed by atoms with Crippen LogP contribution in [0.3, 0.4) is 0 Å². The van der Waals surface area contributed by atoms with Crippen LogP contribution in [-0.4, -0.2) is 70.7 Å². The van der Waals surface area contributed by atoms with Gasteiger partial charge in [0, 0.05) is 31.1 Å². The normalized spacial score (nSPS) is 25.9. The number of piperidine rings is 1. The highest BCUT2D eigenvalue weighted by molar-refractivity contribution is 7.82. The predicted octanol–water partition coefficient (Wildman–Crippen LogP) is 7.47. The van der Waals surface area contributed by atoms with Gasteiger partial charge in [0.2, 0.25) is 0 Å². The first kappa shape index (κ1) is 35.5. The minimum atomic E-state index is -3.61. The quantitative estimate of drug-likeness (QED) is 0.199. The van der Waals surface area contributed by atoms with Gasteiger partial charge in [0.15, 0.2) is 5.78 Å². The lowest BCUT2D eigenvalue weighted by atomic mass is 9.72. The average molecular weight is 708 g/mol. The Morgan fingerprint density at radius 2 is 1.54 bits per heavy atom. The summed E-state index contributed by atoms with van der Waals surface area (Å²) in [6, 6.07) is 15.0. The maximum absolute atomic E-state index is 16.9. The summed E-state index contributed by atoms with van der Waals surface area (Å²) in [7, 11) is -0.649. The van der Waals surface area contributed by atoms with Crippen molar-refractivity contribution >= 4 is 27.5 Å². The van der Waals surface area contributed by atoms with Gasteiger partial charge >= 0.3 is 0 Å². The molecule has 3 aromatic rings. The van der Waals surface area contributed by atoms with E-state index < -0.39 is 34.7 Å². The van der Waals surface area contributed by atoms with Gasteiger partial charge in [-0.2, -0.15) is 8.78 Å². The highest BCUT2D eigenvalue weighted by Gasteiger charge is 2.56. The Balaban J connectivity index is 1.12. The van der Waals surface area contributed by atoms with Gasteiger partial charge in [-0.15, -0.1) is 0 Å². The molecule has 4 fully saturated rings. The summed E-state index contributed by atoms with van der Waals surface area (Å²) < 4.78 is 61.2. The zero-order chi connectivity index (χ0) is 34.8. The molecule has 1 saturated heterocycles. The van der Waals surface area contributed by atoms with Crippen LogP contribution in [0.25, 0.3) is 10.8 Å². The Bertz CT molecular complexity index is 1650. The third-order valence-electron chi connectivity index (χ3n) is 11.7. The van der Waals surface area contributed by atoms with Crippen molar-refractivity contribution in [2.45, 2.75) is 99.6 Å². The number of carbonyl (C=O) groups excluding carboxylic acids is 1. The van der Waals surface area contributed by atoms with E-state index in [9.17, 15) is 9.00 Å². The number of hydrogen-bond acceptors (Lipinski definition) is 6. The zero-order valence-corrected chi connectivity index (χ0v) is 29.9. The number of halogens is 2. The van der Waals surface area contributed by atoms with Crippen molar-refractivity contribution in [3.05, 3.63) is 66.2 Å². The third-order valence-corrected chi connectivity index (χ3v) is 13.0. The molecule has 4 atom stereocenters. The highest BCUT2D eigenvalue weighted by Crippen LogP contribution is 2.50. The van der Waals surface area contributed by atoms with Gasteiger partial charge in [-0.1, -0.05) is 18.6 Å². The minimum absolute atomic E-state index is 0.0218. The van der Waals surface area contributed by atoms with E-state index in [1.54, 1.807) is 24.3 Å². The number of carbonyl (C=O) groups is 1. The van der Waals surface area contributed by atoms with Crippen LogP contribution in [0.1, 0.15) is 76.2 Å². The lowest BCUT2D eigenvalue weighted by Gasteiger charge is -2.39. The van der Waals surface area contributed by atoms with Gasteiger partial charge < -0.3 is 15.2 Å². The molecule has 2 N–H and O–H groups in total. The van der Waals surface area contributed by atoms with Gasteiger partial charge in [0.25, 0.3) is 5.92 Å². The van der Waals surface area contributed by atoms with Crippen LogP contribution in [0.2, 0.25) is 0 Å². The van der Waals surface area contributed by atoms with Gasteiger partial charge in [0.05, 0.1) is 11.0 Å². The van der Waals surface area contributed by atoms with E-state index >= 15 is 8.78 Å². The highest BCUT2D eigenvalue weighted by atomic mass is 32.2. The fourth-order valence-corrected chi connectivity index (χ4v) is 10.2. The van der Waals surface area contributed by atoms with Gasteiger partial charge in [-0.3, -0.25) is 9.69 Å². The van der Waals surface area contributed by atoms with Crippen LogP contribution in [0.15, 0.2) is 65.6 Å². The van der Waals surface area contributed by atoms with Gasteiger partial charge in [-0.25, -0.2) is 8.51 Å². The molecule has 270 valence electrons. The molecule has 1 aliphatic heterocycles. The maximum Gasteiger partial charge on any atom is 0.296 e. The number of alkyl halides is 2. The van der Waals surface area contributed by atoms with E-state index in [2.05, 4.69) is 4.90 Å². The Morgan fingerprint density at radius 3 is 2.24 bits per heavy atom. The number of hydrogen-bond donors (Lipinski definition) is 1. The molecular weight excluding hydrogens is 657 g/mol. The third kappa shape index (κ3) is 7.64. The smallest absolute Gasteiger partial charge is 0.296 e. The number of Topliss-reactive ketones (excluding diaryl/α,β-unsaturated/α-hetero) is 1. The van der Waals surface area contributed by atoms with E-state index in [4.69, 9.17) is 15.2 Å². The number of ketones is 1. The van der Waals surface area contributed by atoms with Crippen molar-refractivity contribution in [3.63, 3.8) is 0 Å². The first-order valence-corrected chi connectivity index (χ1v) is 19.8. The van der Waals surface area contributed by atoms with E-state index in [1.807, 2.05) is 24.3 Å². The average Bonchev–Trinajstić information content (AvgIpc) is 3.73. The van der Waals surface area contributed by atoms with Gasteiger partial charge in [-0.05, 0) is 148 Å². The minimum Gasteiger partial charge on any atom is -0.492 e. The summed E-state index contributed by atoms with van der Waals surface area (Å²) in [4.78, 5) is 17.2. The largest absolute Gasteiger partial charge is 0.492 e. The summed E-state index contributed by atoms with van der Waals surface area (Å²) in [5.74, 6) is -3.45. The van der Waals surface area contributed by atoms with Crippen molar-refractivity contribution in [2.24, 2.45) is 23.5 Å². The predicted molar refractivity (Wildman–Crippen MR) is 193 cm³/mol. The Labute approximate surface area is 297 Å². The first-order chi connectivity index (χ1) is 24.2. The number of fused-ring (bicyclic) bond motifs is 3. The topological polar surface area (TPSA) is 85.1 Å². The lowest BCUT2D eigenvalue weighted by Crippen LogP contribution is -2.54. The fraction of sp³-hybridized carbons (Fsp3) is 0.575. The van der Waals surface area contributed by atoms with Crippen LogP contribution in [-0.2, 0) is 21.7 Å². The molecule has 7 nitrogen and oxygen atoms in total. The van der Waals surface area contributed by atoms with Crippen LogP contribution in [0, 0.1) is 17.8 Å². The number of likely N-dealkylation sites (N-methyl/N-ethyl adjacent to an activating group) is 1. The van der Waals surface area contributed by atoms with Crippen molar-refractivity contribution in [1.82, 2.24) is 9.21 Å². The second-order valence-corrected chi connectivity index (χ2v) is 16.6. The SMILES string of the molecule is CN([C@@H](C(=O)C1C2CCC1CC(N)C2)C(F)(F)c1ccc(OCCN2CCCCC2)cc1)S(=O)c1ccc2cc(OC3CCCC3)ccc2c1. The molecule has 0 aromatic heterocycles. The van der Waals surface area contributed by atoms with Crippen molar-refractivity contribution < 1.29 is 27.3 Å². The monoisotopic (exact) mass is 707 g/mol. The van der Waals surface area contributed by atoms with Crippen molar-refractivity contribution in [3.8, 4) is 11.5 Å². The summed E-state index contributed by atoms with van der Waals surface area (Å²) in [5.41, 5.74) is 6.01. The zero-order valence-electron chi connectivity index (χ0n) is 29.1. The van der Waals surface area contributed by atoms with Crippen molar-refractivity contribution in [2.75, 3.05) is 33.3 Å². The number of benzene rings is 3. The number of likely N-dealkylation sites (tertiary alicyclic amines) is 1. The molecule has 3 aliphatic carbocycles. The molecule has 7 rings (SSSR count). The van der Waals surface area contributed by atoms with Crippen LogP contribution < -0.4 is 15.2 Å². The molecular formula is C40H51F2N3O4S. The summed E-state index contributed by atoms with van der Waals surface area (Å²) >= 11 is 0. The van der Waals surface area contributed by atoms with E-state index in [1.165, 1.54) is 51.3 Å².